The van der Waals surface area contributed by atoms with Crippen molar-refractivity contribution in [1.82, 2.24) is 14.9 Å². The van der Waals surface area contributed by atoms with Crippen LogP contribution in [0.2, 0.25) is 0 Å². The van der Waals surface area contributed by atoms with Crippen LogP contribution < -0.4 is 16.6 Å². The maximum absolute atomic E-state index is 12.8. The van der Waals surface area contributed by atoms with E-state index in [0.717, 1.165) is 29.7 Å². The molecule has 1 aliphatic rings. The summed E-state index contributed by atoms with van der Waals surface area (Å²) in [6.07, 6.45) is 2.73. The number of primary amides is 1. The molecule has 0 unspecified atom stereocenters. The van der Waals surface area contributed by atoms with Gasteiger partial charge in [-0.15, -0.1) is 11.3 Å². The molecule has 3 aromatic rings. The highest BCUT2D eigenvalue weighted by Gasteiger charge is 2.28. The minimum atomic E-state index is -0.514. The summed E-state index contributed by atoms with van der Waals surface area (Å²) in [6.45, 7) is 2.05. The van der Waals surface area contributed by atoms with Crippen molar-refractivity contribution in [3.8, 4) is 0 Å². The Hall–Kier alpha value is -3.04. The van der Waals surface area contributed by atoms with E-state index in [0.29, 0.717) is 27.3 Å². The van der Waals surface area contributed by atoms with Gasteiger partial charge >= 0.3 is 0 Å². The van der Waals surface area contributed by atoms with Gasteiger partial charge in [-0.3, -0.25) is 19.3 Å². The smallest absolute Gasteiger partial charge is 0.258 e. The van der Waals surface area contributed by atoms with Crippen molar-refractivity contribution in [2.75, 3.05) is 12.4 Å². The molecule has 4 N–H and O–H groups in total. The number of nitrogens with two attached hydrogens (primary N) is 1. The molecule has 0 spiro atoms. The van der Waals surface area contributed by atoms with E-state index in [1.54, 1.807) is 37.1 Å². The highest BCUT2D eigenvalue weighted by Crippen LogP contribution is 2.38. The summed E-state index contributed by atoms with van der Waals surface area (Å²) in [6, 6.07) is 6.61. The molecular weight excluding hydrogens is 402 g/mol. The predicted molar refractivity (Wildman–Crippen MR) is 117 cm³/mol. The number of fused-ring (bicyclic) bond motifs is 2. The van der Waals surface area contributed by atoms with Crippen LogP contribution in [0.25, 0.3) is 10.9 Å². The van der Waals surface area contributed by atoms with Gasteiger partial charge in [0.15, 0.2) is 0 Å². The number of amides is 2. The lowest BCUT2D eigenvalue weighted by Crippen LogP contribution is -2.40. The summed E-state index contributed by atoms with van der Waals surface area (Å²) in [5.74, 6) is -0.277. The molecule has 1 atom stereocenters. The first-order valence-corrected chi connectivity index (χ1v) is 10.6. The normalized spacial score (nSPS) is 14.1. The Morgan fingerprint density at radius 1 is 1.33 bits per heavy atom. The molecule has 0 aliphatic heterocycles. The maximum atomic E-state index is 12.8. The zero-order valence-electron chi connectivity index (χ0n) is 16.8. The number of hydrogen-bond donors (Lipinski definition) is 3. The van der Waals surface area contributed by atoms with Crippen molar-refractivity contribution in [2.24, 2.45) is 5.73 Å². The number of aromatic amines is 1. The molecule has 8 nitrogen and oxygen atoms in total. The number of rotatable bonds is 6. The molecule has 0 saturated heterocycles. The van der Waals surface area contributed by atoms with E-state index >= 15 is 0 Å². The van der Waals surface area contributed by atoms with Crippen LogP contribution in [0.4, 0.5) is 5.00 Å². The van der Waals surface area contributed by atoms with Crippen molar-refractivity contribution in [1.29, 1.82) is 0 Å². The number of aromatic nitrogens is 2. The Morgan fingerprint density at radius 2 is 2.10 bits per heavy atom. The summed E-state index contributed by atoms with van der Waals surface area (Å²) >= 11 is 1.43. The number of anilines is 1. The first kappa shape index (κ1) is 20.2. The standard InChI is InChI=1S/C21H23N5O3S/c1-11(19(28)25-21-17(18(22)27)13-7-5-9-15(13)30-21)26(2)10-16-23-14-8-4-3-6-12(14)20(29)24-16/h3-4,6,8,11H,5,7,9-10H2,1-2H3,(H2,22,27)(H,25,28)(H,23,24,29)/t11-/m1/s1. The topological polar surface area (TPSA) is 121 Å². The van der Waals surface area contributed by atoms with Gasteiger partial charge in [-0.2, -0.15) is 0 Å². The second-order valence-corrected chi connectivity index (χ2v) is 8.64. The Labute approximate surface area is 177 Å². The fraction of sp³-hybridized carbons (Fsp3) is 0.333. The van der Waals surface area contributed by atoms with Gasteiger partial charge in [0, 0.05) is 4.88 Å². The average Bonchev–Trinajstić information content (AvgIpc) is 3.27. The van der Waals surface area contributed by atoms with Crippen molar-refractivity contribution in [3.63, 3.8) is 0 Å². The first-order chi connectivity index (χ1) is 14.3. The average molecular weight is 426 g/mol. The second kappa shape index (κ2) is 8.00. The molecule has 9 heteroatoms. The Bertz CT molecular complexity index is 1200. The van der Waals surface area contributed by atoms with Crippen LogP contribution in [0.3, 0.4) is 0 Å². The Balaban J connectivity index is 1.50. The molecule has 30 heavy (non-hydrogen) atoms. The van der Waals surface area contributed by atoms with E-state index in [9.17, 15) is 14.4 Å². The van der Waals surface area contributed by atoms with Gasteiger partial charge in [0.2, 0.25) is 5.91 Å². The zero-order valence-corrected chi connectivity index (χ0v) is 17.6. The van der Waals surface area contributed by atoms with E-state index in [2.05, 4.69) is 15.3 Å². The summed E-state index contributed by atoms with van der Waals surface area (Å²) in [5.41, 5.74) is 7.39. The second-order valence-electron chi connectivity index (χ2n) is 7.54. The molecule has 0 saturated carbocycles. The molecule has 4 rings (SSSR count). The lowest BCUT2D eigenvalue weighted by molar-refractivity contribution is -0.120. The number of likely N-dealkylation sites (N-methyl/N-ethyl adjacent to an activating group) is 1. The minimum absolute atomic E-state index is 0.208. The number of carbonyl (C=O) groups excluding carboxylic acids is 2. The molecule has 0 radical (unpaired) electrons. The number of H-pyrrole nitrogens is 1. The molecule has 2 amide bonds. The molecule has 0 bridgehead atoms. The number of para-hydroxylation sites is 1. The van der Waals surface area contributed by atoms with E-state index in [4.69, 9.17) is 5.73 Å². The van der Waals surface area contributed by atoms with Gasteiger partial charge in [-0.25, -0.2) is 4.98 Å². The number of carbonyl (C=O) groups is 2. The summed E-state index contributed by atoms with van der Waals surface area (Å²) < 4.78 is 0. The Kier molecular flexibility index (Phi) is 5.40. The van der Waals surface area contributed by atoms with Crippen LogP contribution in [-0.2, 0) is 24.2 Å². The lowest BCUT2D eigenvalue weighted by atomic mass is 10.1. The molecule has 2 aromatic heterocycles. The highest BCUT2D eigenvalue weighted by atomic mass is 32.1. The van der Waals surface area contributed by atoms with Crippen molar-refractivity contribution in [2.45, 2.75) is 38.8 Å². The molecular formula is C21H23N5O3S. The van der Waals surface area contributed by atoms with Gasteiger partial charge < -0.3 is 16.0 Å². The van der Waals surface area contributed by atoms with Crippen LogP contribution in [0.15, 0.2) is 29.1 Å². The third kappa shape index (κ3) is 3.73. The zero-order chi connectivity index (χ0) is 21.4. The first-order valence-electron chi connectivity index (χ1n) is 9.78. The predicted octanol–water partition coefficient (Wildman–Crippen LogP) is 2.03. The molecule has 0 fully saturated rings. The number of nitrogens with one attached hydrogen (secondary N) is 2. The fourth-order valence-electron chi connectivity index (χ4n) is 3.75. The summed E-state index contributed by atoms with van der Waals surface area (Å²) in [5, 5.41) is 3.92. The van der Waals surface area contributed by atoms with Crippen molar-refractivity contribution in [3.05, 3.63) is 56.4 Å². The van der Waals surface area contributed by atoms with E-state index in [1.165, 1.54) is 11.3 Å². The van der Waals surface area contributed by atoms with E-state index in [-0.39, 0.29) is 18.0 Å². The molecule has 156 valence electrons. The van der Waals surface area contributed by atoms with E-state index < -0.39 is 11.9 Å². The Morgan fingerprint density at radius 3 is 2.87 bits per heavy atom. The molecule has 2 heterocycles. The van der Waals surface area contributed by atoms with Crippen molar-refractivity contribution < 1.29 is 9.59 Å². The third-order valence-corrected chi connectivity index (χ3v) is 6.71. The quantitative estimate of drug-likeness (QED) is 0.558. The third-order valence-electron chi connectivity index (χ3n) is 5.51. The van der Waals surface area contributed by atoms with Crippen LogP contribution in [0.5, 0.6) is 0 Å². The largest absolute Gasteiger partial charge is 0.365 e. The number of benzene rings is 1. The van der Waals surface area contributed by atoms with Gasteiger partial charge in [0.1, 0.15) is 10.8 Å². The lowest BCUT2D eigenvalue weighted by Gasteiger charge is -2.23. The maximum Gasteiger partial charge on any atom is 0.258 e. The SMILES string of the molecule is C[C@H](C(=O)Nc1sc2c(c1C(N)=O)CCC2)N(C)Cc1nc2ccccc2c(=O)[nH]1. The van der Waals surface area contributed by atoms with Gasteiger partial charge in [0.25, 0.3) is 11.5 Å². The van der Waals surface area contributed by atoms with Gasteiger partial charge in [-0.1, -0.05) is 12.1 Å². The highest BCUT2D eigenvalue weighted by molar-refractivity contribution is 7.17. The minimum Gasteiger partial charge on any atom is -0.365 e. The summed E-state index contributed by atoms with van der Waals surface area (Å²) in [4.78, 5) is 47.2. The van der Waals surface area contributed by atoms with Crippen LogP contribution >= 0.6 is 11.3 Å². The van der Waals surface area contributed by atoms with Crippen LogP contribution in [0.1, 0.15) is 40.0 Å². The van der Waals surface area contributed by atoms with Crippen LogP contribution in [0, 0.1) is 0 Å². The number of nitrogens with zero attached hydrogens (tertiary/aromatic N) is 2. The number of thiophene rings is 1. The summed E-state index contributed by atoms with van der Waals surface area (Å²) in [7, 11) is 1.78. The van der Waals surface area contributed by atoms with Crippen LogP contribution in [-0.4, -0.2) is 39.8 Å². The molecule has 1 aromatic carbocycles. The van der Waals surface area contributed by atoms with Crippen molar-refractivity contribution >= 4 is 39.1 Å². The van der Waals surface area contributed by atoms with Gasteiger partial charge in [0.05, 0.1) is 29.1 Å². The van der Waals surface area contributed by atoms with E-state index in [1.807, 2.05) is 6.07 Å². The number of aryl methyl sites for hydroxylation is 1. The monoisotopic (exact) mass is 425 g/mol. The fourth-order valence-corrected chi connectivity index (χ4v) is 5.05. The molecule has 1 aliphatic carbocycles. The van der Waals surface area contributed by atoms with Gasteiger partial charge in [-0.05, 0) is 50.9 Å². The number of hydrogen-bond acceptors (Lipinski definition) is 6.